The molecule has 138 valence electrons. The number of unbranched alkanes of at least 4 members (excludes halogenated alkanes) is 2. The van der Waals surface area contributed by atoms with E-state index in [1.54, 1.807) is 0 Å². The lowest BCUT2D eigenvalue weighted by Crippen LogP contribution is -2.43. The number of benzene rings is 2. The van der Waals surface area contributed by atoms with Gasteiger partial charge in [-0.15, -0.1) is 0 Å². The predicted molar refractivity (Wildman–Crippen MR) is 108 cm³/mol. The van der Waals surface area contributed by atoms with Crippen molar-refractivity contribution >= 4 is 5.71 Å². The zero-order chi connectivity index (χ0) is 18.4. The van der Waals surface area contributed by atoms with Crippen molar-refractivity contribution in [1.29, 1.82) is 0 Å². The third kappa shape index (κ3) is 3.99. The number of hydrogen-bond donors (Lipinski definition) is 1. The minimum atomic E-state index is 0.231. The first-order valence-electron chi connectivity index (χ1n) is 9.79. The summed E-state index contributed by atoms with van der Waals surface area (Å²) in [6.07, 6.45) is 5.46. The summed E-state index contributed by atoms with van der Waals surface area (Å²) in [5.74, 6) is 0.263. The molecule has 1 N–H and O–H groups in total. The molecule has 1 aliphatic rings. The van der Waals surface area contributed by atoms with E-state index >= 15 is 0 Å². The molecular formula is C23H30N2O. The van der Waals surface area contributed by atoms with Gasteiger partial charge in [-0.25, -0.2) is 0 Å². The Hall–Kier alpha value is -2.13. The van der Waals surface area contributed by atoms with Crippen LogP contribution in [0, 0.1) is 5.92 Å². The van der Waals surface area contributed by atoms with Crippen LogP contribution < -0.4 is 0 Å². The Bertz CT molecular complexity index is 699. The summed E-state index contributed by atoms with van der Waals surface area (Å²) >= 11 is 0. The van der Waals surface area contributed by atoms with Crippen LogP contribution >= 0.6 is 0 Å². The highest BCUT2D eigenvalue weighted by atomic mass is 16.4. The second kappa shape index (κ2) is 9.00. The molecule has 3 heteroatoms. The second-order valence-electron chi connectivity index (χ2n) is 7.35. The van der Waals surface area contributed by atoms with Crippen molar-refractivity contribution in [3.05, 3.63) is 71.8 Å². The first-order valence-corrected chi connectivity index (χ1v) is 9.79. The molecule has 1 aliphatic heterocycles. The van der Waals surface area contributed by atoms with E-state index in [1.807, 2.05) is 0 Å². The smallest absolute Gasteiger partial charge is 0.0639 e. The highest BCUT2D eigenvalue weighted by molar-refractivity contribution is 5.88. The molecular weight excluding hydrogens is 320 g/mol. The number of nitrogens with zero attached hydrogens (tertiary/aromatic N) is 2. The summed E-state index contributed by atoms with van der Waals surface area (Å²) in [5.41, 5.74) is 3.53. The van der Waals surface area contributed by atoms with Crippen LogP contribution in [0.25, 0.3) is 0 Å². The van der Waals surface area contributed by atoms with Gasteiger partial charge < -0.3 is 5.21 Å². The van der Waals surface area contributed by atoms with Crippen molar-refractivity contribution in [3.8, 4) is 0 Å². The van der Waals surface area contributed by atoms with Gasteiger partial charge in [-0.2, -0.15) is 0 Å². The zero-order valence-corrected chi connectivity index (χ0v) is 15.9. The number of rotatable bonds is 6. The Morgan fingerprint density at radius 1 is 0.962 bits per heavy atom. The molecule has 0 bridgehead atoms. The number of oxime groups is 1. The van der Waals surface area contributed by atoms with E-state index in [0.29, 0.717) is 0 Å². The molecule has 1 saturated heterocycles. The summed E-state index contributed by atoms with van der Waals surface area (Å²) in [7, 11) is 2.22. The molecule has 0 saturated carbocycles. The Morgan fingerprint density at radius 3 is 2.15 bits per heavy atom. The van der Waals surface area contributed by atoms with E-state index in [4.69, 9.17) is 0 Å². The van der Waals surface area contributed by atoms with Crippen LogP contribution in [0.2, 0.25) is 0 Å². The fraction of sp³-hybridized carbons (Fsp3) is 0.435. The van der Waals surface area contributed by atoms with E-state index in [1.165, 1.54) is 30.4 Å². The molecule has 0 aromatic heterocycles. The molecule has 3 atom stereocenters. The SMILES string of the molecule is CCCCC[C@H]1/C(=N\O)C[C@@H](c2ccccc2)N(C)[C@H]1c1ccccc1. The van der Waals surface area contributed by atoms with Crippen LogP contribution in [-0.4, -0.2) is 22.9 Å². The van der Waals surface area contributed by atoms with E-state index in [0.717, 1.165) is 18.6 Å². The van der Waals surface area contributed by atoms with E-state index in [9.17, 15) is 5.21 Å². The molecule has 2 aromatic carbocycles. The van der Waals surface area contributed by atoms with Crippen molar-refractivity contribution in [2.75, 3.05) is 7.05 Å². The van der Waals surface area contributed by atoms with Crippen LogP contribution in [0.1, 0.15) is 62.2 Å². The molecule has 3 rings (SSSR count). The van der Waals surface area contributed by atoms with Crippen LogP contribution in [0.15, 0.2) is 65.8 Å². The second-order valence-corrected chi connectivity index (χ2v) is 7.35. The monoisotopic (exact) mass is 350 g/mol. The van der Waals surface area contributed by atoms with E-state index in [2.05, 4.69) is 84.7 Å². The quantitative estimate of drug-likeness (QED) is 0.404. The van der Waals surface area contributed by atoms with Crippen molar-refractivity contribution < 1.29 is 5.21 Å². The summed E-state index contributed by atoms with van der Waals surface area (Å²) in [6, 6.07) is 21.7. The van der Waals surface area contributed by atoms with Crippen LogP contribution in [-0.2, 0) is 0 Å². The largest absolute Gasteiger partial charge is 0.411 e. The maximum absolute atomic E-state index is 9.80. The number of hydrogen-bond acceptors (Lipinski definition) is 3. The minimum Gasteiger partial charge on any atom is -0.411 e. The summed E-state index contributed by atoms with van der Waals surface area (Å²) in [6.45, 7) is 2.23. The van der Waals surface area contributed by atoms with Gasteiger partial charge in [0.2, 0.25) is 0 Å². The topological polar surface area (TPSA) is 35.8 Å². The predicted octanol–water partition coefficient (Wildman–Crippen LogP) is 5.83. The van der Waals surface area contributed by atoms with Crippen LogP contribution in [0.3, 0.4) is 0 Å². The third-order valence-corrected chi connectivity index (χ3v) is 5.71. The average molecular weight is 351 g/mol. The summed E-state index contributed by atoms with van der Waals surface area (Å²) < 4.78 is 0. The molecule has 0 radical (unpaired) electrons. The molecule has 0 unspecified atom stereocenters. The Balaban J connectivity index is 1.97. The zero-order valence-electron chi connectivity index (χ0n) is 15.9. The maximum atomic E-state index is 9.80. The molecule has 26 heavy (non-hydrogen) atoms. The van der Waals surface area contributed by atoms with Gasteiger partial charge in [0, 0.05) is 24.4 Å². The van der Waals surface area contributed by atoms with Gasteiger partial charge >= 0.3 is 0 Å². The molecule has 0 amide bonds. The lowest BCUT2D eigenvalue weighted by atomic mass is 9.76. The molecule has 3 nitrogen and oxygen atoms in total. The Morgan fingerprint density at radius 2 is 1.58 bits per heavy atom. The van der Waals surface area contributed by atoms with Gasteiger partial charge in [0.05, 0.1) is 5.71 Å². The normalized spacial score (nSPS) is 25.5. The Labute approximate surface area is 157 Å². The van der Waals surface area contributed by atoms with Gasteiger partial charge in [0.25, 0.3) is 0 Å². The molecule has 0 spiro atoms. The first kappa shape index (κ1) is 18.7. The van der Waals surface area contributed by atoms with Gasteiger partial charge in [-0.1, -0.05) is 92.0 Å². The highest BCUT2D eigenvalue weighted by Crippen LogP contribution is 2.44. The van der Waals surface area contributed by atoms with E-state index < -0.39 is 0 Å². The van der Waals surface area contributed by atoms with Crippen LogP contribution in [0.4, 0.5) is 0 Å². The molecule has 2 aromatic rings. The number of piperidine rings is 1. The molecule has 1 fully saturated rings. The summed E-state index contributed by atoms with van der Waals surface area (Å²) in [4.78, 5) is 2.48. The lowest BCUT2D eigenvalue weighted by Gasteiger charge is -2.45. The highest BCUT2D eigenvalue weighted by Gasteiger charge is 2.40. The van der Waals surface area contributed by atoms with E-state index in [-0.39, 0.29) is 18.0 Å². The average Bonchev–Trinajstić information content (AvgIpc) is 2.70. The molecule has 1 heterocycles. The fourth-order valence-corrected chi connectivity index (χ4v) is 4.35. The van der Waals surface area contributed by atoms with Crippen molar-refractivity contribution in [2.24, 2.45) is 11.1 Å². The first-order chi connectivity index (χ1) is 12.8. The van der Waals surface area contributed by atoms with Crippen molar-refractivity contribution in [3.63, 3.8) is 0 Å². The van der Waals surface area contributed by atoms with Gasteiger partial charge in [-0.3, -0.25) is 4.90 Å². The Kier molecular flexibility index (Phi) is 6.45. The summed E-state index contributed by atoms with van der Waals surface area (Å²) in [5, 5.41) is 13.6. The molecule has 0 aliphatic carbocycles. The van der Waals surface area contributed by atoms with Crippen molar-refractivity contribution in [1.82, 2.24) is 4.90 Å². The minimum absolute atomic E-state index is 0.231. The maximum Gasteiger partial charge on any atom is 0.0639 e. The van der Waals surface area contributed by atoms with Gasteiger partial charge in [0.1, 0.15) is 0 Å². The standard InChI is InChI=1S/C23H30N2O/c1-3-4-7-16-20-21(24-26)17-22(18-12-8-5-9-13-18)25(2)23(20)19-14-10-6-11-15-19/h5-6,8-15,20,22-23,26H,3-4,7,16-17H2,1-2H3/b24-21-/t20-,22-,23-/m0/s1. The van der Waals surface area contributed by atoms with Crippen LogP contribution in [0.5, 0.6) is 0 Å². The van der Waals surface area contributed by atoms with Gasteiger partial charge in [-0.05, 0) is 24.6 Å². The third-order valence-electron chi connectivity index (χ3n) is 5.71. The van der Waals surface area contributed by atoms with Crippen molar-refractivity contribution in [2.45, 2.75) is 51.1 Å². The van der Waals surface area contributed by atoms with Gasteiger partial charge in [0.15, 0.2) is 0 Å². The number of likely N-dealkylation sites (tertiary alicyclic amines) is 1. The fourth-order valence-electron chi connectivity index (χ4n) is 4.35. The lowest BCUT2D eigenvalue weighted by molar-refractivity contribution is 0.117.